The van der Waals surface area contributed by atoms with Crippen molar-refractivity contribution in [2.24, 2.45) is 0 Å². The second-order valence-corrected chi connectivity index (χ2v) is 10.3. The lowest BCUT2D eigenvalue weighted by Gasteiger charge is -2.22. The first kappa shape index (κ1) is 22.9. The number of sulfonamides is 1. The summed E-state index contributed by atoms with van der Waals surface area (Å²) in [5.74, 6) is -0.330. The van der Waals surface area contributed by atoms with E-state index in [4.69, 9.17) is 12.2 Å². The average Bonchev–Trinajstić information content (AvgIpc) is 2.70. The van der Waals surface area contributed by atoms with Gasteiger partial charge in [0, 0.05) is 21.8 Å². The van der Waals surface area contributed by atoms with Crippen LogP contribution in [0.25, 0.3) is 0 Å². The summed E-state index contributed by atoms with van der Waals surface area (Å²) in [6.07, 6.45) is 5.03. The van der Waals surface area contributed by atoms with E-state index in [2.05, 4.69) is 31.3 Å². The molecule has 30 heavy (non-hydrogen) atoms. The normalized spacial score (nSPS) is 14.9. The van der Waals surface area contributed by atoms with Crippen molar-refractivity contribution in [2.75, 3.05) is 5.32 Å². The summed E-state index contributed by atoms with van der Waals surface area (Å²) < 4.78 is 28.8. The molecular formula is C21H24BrN3O3S2. The molecule has 3 N–H and O–H groups in total. The van der Waals surface area contributed by atoms with Crippen LogP contribution in [-0.4, -0.2) is 25.5 Å². The minimum atomic E-state index is -3.55. The van der Waals surface area contributed by atoms with Crippen molar-refractivity contribution in [3.8, 4) is 0 Å². The molecule has 0 bridgehead atoms. The van der Waals surface area contributed by atoms with Gasteiger partial charge in [-0.2, -0.15) is 0 Å². The van der Waals surface area contributed by atoms with Gasteiger partial charge in [0.05, 0.1) is 4.90 Å². The maximum Gasteiger partial charge on any atom is 0.257 e. The van der Waals surface area contributed by atoms with Crippen LogP contribution in [0, 0.1) is 6.92 Å². The van der Waals surface area contributed by atoms with Crippen molar-refractivity contribution in [3.05, 3.63) is 58.1 Å². The molecule has 9 heteroatoms. The first-order chi connectivity index (χ1) is 14.2. The zero-order valence-electron chi connectivity index (χ0n) is 16.6. The Hall–Kier alpha value is -1.81. The number of nitrogens with one attached hydrogen (secondary N) is 3. The second kappa shape index (κ2) is 10.00. The third kappa shape index (κ3) is 6.10. The maximum atomic E-state index is 12.6. The lowest BCUT2D eigenvalue weighted by atomic mass is 9.96. The fourth-order valence-corrected chi connectivity index (χ4v) is 5.19. The summed E-state index contributed by atoms with van der Waals surface area (Å²) in [5.41, 5.74) is 2.09. The van der Waals surface area contributed by atoms with E-state index in [0.29, 0.717) is 11.3 Å². The Balaban J connectivity index is 1.58. The number of hydrogen-bond donors (Lipinski definition) is 3. The van der Waals surface area contributed by atoms with Gasteiger partial charge < -0.3 is 5.32 Å². The molecule has 0 aliphatic heterocycles. The number of thiocarbonyl (C=S) groups is 1. The summed E-state index contributed by atoms with van der Waals surface area (Å²) in [4.78, 5) is 12.5. The third-order valence-electron chi connectivity index (χ3n) is 5.01. The first-order valence-corrected chi connectivity index (χ1v) is 12.4. The molecule has 6 nitrogen and oxygen atoms in total. The van der Waals surface area contributed by atoms with Gasteiger partial charge in [-0.15, -0.1) is 0 Å². The van der Waals surface area contributed by atoms with E-state index in [9.17, 15) is 13.2 Å². The molecule has 1 aliphatic carbocycles. The van der Waals surface area contributed by atoms with Crippen LogP contribution in [0.3, 0.4) is 0 Å². The van der Waals surface area contributed by atoms with E-state index < -0.39 is 10.0 Å². The molecule has 0 atom stereocenters. The number of anilines is 1. The fourth-order valence-electron chi connectivity index (χ4n) is 3.30. The van der Waals surface area contributed by atoms with Gasteiger partial charge in [0.25, 0.3) is 5.91 Å². The fraction of sp³-hybridized carbons (Fsp3) is 0.333. The smallest absolute Gasteiger partial charge is 0.257 e. The zero-order valence-corrected chi connectivity index (χ0v) is 19.8. The molecule has 0 heterocycles. The average molecular weight is 510 g/mol. The molecule has 0 spiro atoms. The molecule has 1 fully saturated rings. The molecule has 2 aromatic carbocycles. The van der Waals surface area contributed by atoms with Gasteiger partial charge in [-0.1, -0.05) is 41.3 Å². The second-order valence-electron chi connectivity index (χ2n) is 7.35. The van der Waals surface area contributed by atoms with Crippen molar-refractivity contribution >= 4 is 54.9 Å². The monoisotopic (exact) mass is 509 g/mol. The van der Waals surface area contributed by atoms with Crippen molar-refractivity contribution in [1.82, 2.24) is 10.0 Å². The van der Waals surface area contributed by atoms with E-state index in [-0.39, 0.29) is 22.0 Å². The number of benzene rings is 2. The van der Waals surface area contributed by atoms with Crippen LogP contribution in [0.2, 0.25) is 0 Å². The molecule has 0 saturated heterocycles. The zero-order chi connectivity index (χ0) is 21.7. The van der Waals surface area contributed by atoms with Crippen molar-refractivity contribution in [1.29, 1.82) is 0 Å². The van der Waals surface area contributed by atoms with Gasteiger partial charge in [0.1, 0.15) is 0 Å². The van der Waals surface area contributed by atoms with Crippen LogP contribution in [-0.2, 0) is 10.0 Å². The summed E-state index contributed by atoms with van der Waals surface area (Å²) in [6.45, 7) is 1.94. The van der Waals surface area contributed by atoms with Crippen LogP contribution >= 0.6 is 28.1 Å². The quantitative estimate of drug-likeness (QED) is 0.516. The van der Waals surface area contributed by atoms with Crippen molar-refractivity contribution < 1.29 is 13.2 Å². The Kier molecular flexibility index (Phi) is 7.62. The van der Waals surface area contributed by atoms with Crippen molar-refractivity contribution in [3.63, 3.8) is 0 Å². The van der Waals surface area contributed by atoms with E-state index in [1.54, 1.807) is 24.3 Å². The molecule has 160 valence electrons. The Morgan fingerprint density at radius 3 is 2.37 bits per heavy atom. The van der Waals surface area contributed by atoms with E-state index in [1.165, 1.54) is 12.1 Å². The predicted molar refractivity (Wildman–Crippen MR) is 126 cm³/mol. The summed E-state index contributed by atoms with van der Waals surface area (Å²) in [6, 6.07) is 11.6. The highest BCUT2D eigenvalue weighted by Gasteiger charge is 2.21. The number of carbonyl (C=O) groups excluding carboxylic acids is 1. The Morgan fingerprint density at radius 1 is 1.07 bits per heavy atom. The van der Waals surface area contributed by atoms with E-state index >= 15 is 0 Å². The lowest BCUT2D eigenvalue weighted by Crippen LogP contribution is -2.36. The molecule has 0 aromatic heterocycles. The Morgan fingerprint density at radius 2 is 1.73 bits per heavy atom. The molecular weight excluding hydrogens is 486 g/mol. The van der Waals surface area contributed by atoms with Gasteiger partial charge in [-0.05, 0) is 73.9 Å². The summed E-state index contributed by atoms with van der Waals surface area (Å²) >= 11 is 8.61. The molecule has 0 radical (unpaired) electrons. The molecule has 1 amide bonds. The van der Waals surface area contributed by atoms with Crippen LogP contribution in [0.4, 0.5) is 5.69 Å². The topological polar surface area (TPSA) is 87.3 Å². The summed E-state index contributed by atoms with van der Waals surface area (Å²) in [5, 5.41) is 5.65. The standard InChI is InChI=1S/C21H24BrN3O3S2/c1-14-7-8-15(13-19(14)22)20(26)24-21(29)23-16-9-11-18(12-10-16)30(27,28)25-17-5-3-2-4-6-17/h7-13,17,25H,2-6H2,1H3,(H2,23,24,26,29). The maximum absolute atomic E-state index is 12.6. The largest absolute Gasteiger partial charge is 0.332 e. The first-order valence-electron chi connectivity index (χ1n) is 9.75. The lowest BCUT2D eigenvalue weighted by molar-refractivity contribution is 0.0977. The van der Waals surface area contributed by atoms with Crippen LogP contribution in [0.1, 0.15) is 48.0 Å². The number of rotatable bonds is 5. The Bertz CT molecular complexity index is 1030. The molecule has 3 rings (SSSR count). The highest BCUT2D eigenvalue weighted by Crippen LogP contribution is 2.21. The minimum Gasteiger partial charge on any atom is -0.332 e. The van der Waals surface area contributed by atoms with Gasteiger partial charge >= 0.3 is 0 Å². The van der Waals surface area contributed by atoms with Crippen molar-refractivity contribution in [2.45, 2.75) is 50.0 Å². The van der Waals surface area contributed by atoms with Gasteiger partial charge in [-0.3, -0.25) is 10.1 Å². The molecule has 1 saturated carbocycles. The molecule has 2 aromatic rings. The van der Waals surface area contributed by atoms with Gasteiger partial charge in [-0.25, -0.2) is 13.1 Å². The number of aryl methyl sites for hydroxylation is 1. The Labute approximate surface area is 191 Å². The van der Waals surface area contributed by atoms with Crippen LogP contribution in [0.15, 0.2) is 51.8 Å². The third-order valence-corrected chi connectivity index (χ3v) is 7.61. The highest BCUT2D eigenvalue weighted by atomic mass is 79.9. The SMILES string of the molecule is Cc1ccc(C(=O)NC(=S)Nc2ccc(S(=O)(=O)NC3CCCCC3)cc2)cc1Br. The predicted octanol–water partition coefficient (Wildman–Crippen LogP) is 4.50. The number of carbonyl (C=O) groups is 1. The number of halogens is 1. The highest BCUT2D eigenvalue weighted by molar-refractivity contribution is 9.10. The van der Waals surface area contributed by atoms with E-state index in [0.717, 1.165) is 42.1 Å². The van der Waals surface area contributed by atoms with E-state index in [1.807, 2.05) is 13.0 Å². The van der Waals surface area contributed by atoms with Crippen LogP contribution < -0.4 is 15.4 Å². The van der Waals surface area contributed by atoms with Crippen LogP contribution in [0.5, 0.6) is 0 Å². The van der Waals surface area contributed by atoms with Gasteiger partial charge in [0.2, 0.25) is 10.0 Å². The minimum absolute atomic E-state index is 0.00570. The summed E-state index contributed by atoms with van der Waals surface area (Å²) in [7, 11) is -3.55. The molecule has 0 unspecified atom stereocenters. The number of amides is 1. The molecule has 1 aliphatic rings. The van der Waals surface area contributed by atoms with Gasteiger partial charge in [0.15, 0.2) is 5.11 Å². The number of hydrogen-bond acceptors (Lipinski definition) is 4.